The van der Waals surface area contributed by atoms with Gasteiger partial charge in [0.25, 0.3) is 10.0 Å². The Labute approximate surface area is 133 Å². The Kier molecular flexibility index (Phi) is 3.64. The number of anilines is 1. The van der Waals surface area contributed by atoms with E-state index >= 15 is 0 Å². The van der Waals surface area contributed by atoms with Crippen molar-refractivity contribution in [3.8, 4) is 0 Å². The van der Waals surface area contributed by atoms with E-state index in [1.54, 1.807) is 25.1 Å². The molecule has 0 saturated heterocycles. The van der Waals surface area contributed by atoms with Crippen molar-refractivity contribution < 1.29 is 8.42 Å². The highest BCUT2D eigenvalue weighted by Crippen LogP contribution is 2.38. The van der Waals surface area contributed by atoms with Crippen molar-refractivity contribution in [1.82, 2.24) is 4.98 Å². The predicted molar refractivity (Wildman–Crippen MR) is 85.5 cm³/mol. The zero-order valence-corrected chi connectivity index (χ0v) is 14.0. The lowest BCUT2D eigenvalue weighted by molar-refractivity contribution is 0.601. The number of aromatic nitrogens is 1. The van der Waals surface area contributed by atoms with Crippen LogP contribution in [-0.2, 0) is 21.4 Å². The number of nitrogens with one attached hydrogen (secondary N) is 1. The van der Waals surface area contributed by atoms with E-state index in [1.165, 1.54) is 12.3 Å². The molecule has 1 N–H and O–H groups in total. The third kappa shape index (κ3) is 2.76. The van der Waals surface area contributed by atoms with Crippen LogP contribution in [-0.4, -0.2) is 13.4 Å². The molecule has 6 nitrogen and oxygen atoms in total. The van der Waals surface area contributed by atoms with E-state index in [9.17, 15) is 8.42 Å². The highest BCUT2D eigenvalue weighted by atomic mass is 79.9. The van der Waals surface area contributed by atoms with Crippen LogP contribution in [0.1, 0.15) is 5.56 Å². The van der Waals surface area contributed by atoms with Crippen LogP contribution in [0.25, 0.3) is 0 Å². The maximum atomic E-state index is 12.5. The lowest BCUT2D eigenvalue weighted by atomic mass is 10.3. The SMILES string of the molecule is Cc1cc(Br)cnc1NS(=O)(=O)c1cccc2c1N=S=N2. The zero-order chi connectivity index (χ0) is 15.0. The van der Waals surface area contributed by atoms with Crippen LogP contribution in [0.2, 0.25) is 0 Å². The van der Waals surface area contributed by atoms with Gasteiger partial charge in [-0.2, -0.15) is 8.73 Å². The van der Waals surface area contributed by atoms with Gasteiger partial charge < -0.3 is 0 Å². The third-order valence-electron chi connectivity index (χ3n) is 2.81. The van der Waals surface area contributed by atoms with Gasteiger partial charge in [0.1, 0.15) is 22.1 Å². The number of halogens is 1. The number of aryl methyl sites for hydroxylation is 1. The summed E-state index contributed by atoms with van der Waals surface area (Å²) in [6, 6.07) is 6.65. The maximum absolute atomic E-state index is 12.5. The fourth-order valence-corrected chi connectivity index (χ4v) is 4.12. The number of sulfonamides is 1. The average Bonchev–Trinajstić information content (AvgIpc) is 2.90. The number of rotatable bonds is 3. The van der Waals surface area contributed by atoms with Crippen molar-refractivity contribution in [3.05, 3.63) is 40.5 Å². The summed E-state index contributed by atoms with van der Waals surface area (Å²) in [6.45, 7) is 1.78. The quantitative estimate of drug-likeness (QED) is 0.747. The average molecular weight is 385 g/mol. The molecule has 0 bridgehead atoms. The molecule has 0 saturated carbocycles. The van der Waals surface area contributed by atoms with Gasteiger partial charge in [-0.3, -0.25) is 4.72 Å². The van der Waals surface area contributed by atoms with Gasteiger partial charge in [0.2, 0.25) is 0 Å². The molecule has 0 spiro atoms. The zero-order valence-electron chi connectivity index (χ0n) is 10.7. The molecule has 0 fully saturated rings. The molecule has 0 atom stereocenters. The number of fused-ring (bicyclic) bond motifs is 1. The number of pyridine rings is 1. The molecule has 0 aliphatic carbocycles. The van der Waals surface area contributed by atoms with Gasteiger partial charge in [-0.1, -0.05) is 6.07 Å². The van der Waals surface area contributed by atoms with Crippen molar-refractivity contribution in [1.29, 1.82) is 0 Å². The first-order valence-corrected chi connectivity index (χ1v) is 8.84. The van der Waals surface area contributed by atoms with E-state index < -0.39 is 10.0 Å². The standard InChI is InChI=1S/C12H9BrN4O2S2/c1-7-5-8(13)6-14-12(7)17-21(18,19)10-4-2-3-9-11(10)16-20-15-9/h2-6H,1H3,(H,14,17). The summed E-state index contributed by atoms with van der Waals surface area (Å²) < 4.78 is 36.4. The first-order valence-electron chi connectivity index (χ1n) is 5.83. The highest BCUT2D eigenvalue weighted by molar-refractivity contribution is 9.10. The lowest BCUT2D eigenvalue weighted by Crippen LogP contribution is -2.15. The molecule has 2 heterocycles. The summed E-state index contributed by atoms with van der Waals surface area (Å²) in [7, 11) is -3.77. The van der Waals surface area contributed by atoms with Gasteiger partial charge in [0.05, 0.1) is 11.4 Å². The van der Waals surface area contributed by atoms with Gasteiger partial charge in [-0.05, 0) is 46.6 Å². The largest absolute Gasteiger partial charge is 0.265 e. The number of nitrogens with zero attached hydrogens (tertiary/aromatic N) is 3. The van der Waals surface area contributed by atoms with Crippen LogP contribution in [0.4, 0.5) is 17.2 Å². The van der Waals surface area contributed by atoms with Crippen LogP contribution in [0.15, 0.2) is 48.6 Å². The Hall–Kier alpha value is -1.58. The van der Waals surface area contributed by atoms with Crippen LogP contribution in [0.5, 0.6) is 0 Å². The number of benzene rings is 1. The summed E-state index contributed by atoms with van der Waals surface area (Å²) in [4.78, 5) is 4.18. The second kappa shape index (κ2) is 5.32. The minimum atomic E-state index is -3.77. The third-order valence-corrected chi connectivity index (χ3v) is 5.16. The molecular formula is C12H9BrN4O2S2. The smallest absolute Gasteiger partial charge is 0.263 e. The highest BCUT2D eigenvalue weighted by Gasteiger charge is 2.23. The van der Waals surface area contributed by atoms with Gasteiger partial charge in [0, 0.05) is 10.7 Å². The second-order valence-electron chi connectivity index (χ2n) is 4.31. The molecule has 9 heteroatoms. The molecular weight excluding hydrogens is 376 g/mol. The molecule has 1 aromatic carbocycles. The Morgan fingerprint density at radius 2 is 2.10 bits per heavy atom. The Morgan fingerprint density at radius 3 is 2.86 bits per heavy atom. The van der Waals surface area contributed by atoms with Gasteiger partial charge in [-0.15, -0.1) is 0 Å². The number of hydrogen-bond acceptors (Lipinski definition) is 5. The Morgan fingerprint density at radius 1 is 1.29 bits per heavy atom. The molecule has 1 aliphatic rings. The van der Waals surface area contributed by atoms with Crippen molar-refractivity contribution in [2.75, 3.05) is 4.72 Å². The van der Waals surface area contributed by atoms with Crippen LogP contribution in [0, 0.1) is 6.92 Å². The molecule has 0 radical (unpaired) electrons. The van der Waals surface area contributed by atoms with E-state index in [-0.39, 0.29) is 4.90 Å². The minimum absolute atomic E-state index is 0.0952. The summed E-state index contributed by atoms with van der Waals surface area (Å²) in [5.41, 5.74) is 1.64. The minimum Gasteiger partial charge on any atom is -0.263 e. The molecule has 108 valence electrons. The van der Waals surface area contributed by atoms with Gasteiger partial charge in [-0.25, -0.2) is 13.4 Å². The van der Waals surface area contributed by atoms with Gasteiger partial charge in [0.15, 0.2) is 0 Å². The van der Waals surface area contributed by atoms with E-state index in [2.05, 4.69) is 34.4 Å². The summed E-state index contributed by atoms with van der Waals surface area (Å²) in [5.74, 6) is 0.290. The molecule has 1 aromatic heterocycles. The molecule has 2 aromatic rings. The topological polar surface area (TPSA) is 83.8 Å². The molecule has 1 aliphatic heterocycles. The lowest BCUT2D eigenvalue weighted by Gasteiger charge is -2.11. The molecule has 21 heavy (non-hydrogen) atoms. The van der Waals surface area contributed by atoms with E-state index in [1.807, 2.05) is 0 Å². The summed E-state index contributed by atoms with van der Waals surface area (Å²) >= 11 is 4.27. The van der Waals surface area contributed by atoms with E-state index in [4.69, 9.17) is 0 Å². The first kappa shape index (κ1) is 14.4. The number of hydrogen-bond donors (Lipinski definition) is 1. The van der Waals surface area contributed by atoms with Crippen LogP contribution in [0.3, 0.4) is 0 Å². The molecule has 0 amide bonds. The van der Waals surface area contributed by atoms with Crippen molar-refractivity contribution in [2.24, 2.45) is 8.73 Å². The first-order chi connectivity index (χ1) is 9.97. The summed E-state index contributed by atoms with van der Waals surface area (Å²) in [6.07, 6.45) is 1.54. The molecule has 3 rings (SSSR count). The van der Waals surface area contributed by atoms with Crippen LogP contribution < -0.4 is 4.72 Å². The fraction of sp³-hybridized carbons (Fsp3) is 0.0833. The van der Waals surface area contributed by atoms with Crippen molar-refractivity contribution in [3.63, 3.8) is 0 Å². The normalized spacial score (nSPS) is 12.9. The van der Waals surface area contributed by atoms with Crippen molar-refractivity contribution >= 4 is 54.5 Å². The van der Waals surface area contributed by atoms with Crippen molar-refractivity contribution in [2.45, 2.75) is 11.8 Å². The second-order valence-corrected chi connectivity index (χ2v) is 7.41. The van der Waals surface area contributed by atoms with Gasteiger partial charge >= 0.3 is 0 Å². The van der Waals surface area contributed by atoms with E-state index in [0.717, 1.165) is 21.4 Å². The summed E-state index contributed by atoms with van der Waals surface area (Å²) in [5, 5.41) is 0. The van der Waals surface area contributed by atoms with E-state index in [0.29, 0.717) is 17.2 Å². The molecule has 0 unspecified atom stereocenters. The Balaban J connectivity index is 2.03. The Bertz CT molecular complexity index is 905. The van der Waals surface area contributed by atoms with Crippen LogP contribution >= 0.6 is 15.9 Å². The maximum Gasteiger partial charge on any atom is 0.265 e. The monoisotopic (exact) mass is 384 g/mol. The fourth-order valence-electron chi connectivity index (χ4n) is 1.83. The predicted octanol–water partition coefficient (Wildman–Crippen LogP) is 3.68.